The summed E-state index contributed by atoms with van der Waals surface area (Å²) in [7, 11) is 2.06. The molecule has 1 aliphatic rings. The maximum Gasteiger partial charge on any atom is 0.256 e. The molecule has 0 atom stereocenters. The molecule has 7 nitrogen and oxygen atoms in total. The maximum absolute atomic E-state index is 12.7. The molecule has 1 aliphatic heterocycles. The third-order valence-corrected chi connectivity index (χ3v) is 5.54. The van der Waals surface area contributed by atoms with Crippen molar-refractivity contribution in [3.63, 3.8) is 0 Å². The fourth-order valence-electron chi connectivity index (χ4n) is 3.62. The smallest absolute Gasteiger partial charge is 0.256 e. The van der Waals surface area contributed by atoms with E-state index in [9.17, 15) is 9.59 Å². The predicted molar refractivity (Wildman–Crippen MR) is 125 cm³/mol. The second-order valence-electron chi connectivity index (χ2n) is 7.66. The summed E-state index contributed by atoms with van der Waals surface area (Å²) < 4.78 is 0. The van der Waals surface area contributed by atoms with Crippen LogP contribution in [0.5, 0.6) is 0 Å². The van der Waals surface area contributed by atoms with Crippen LogP contribution < -0.4 is 10.9 Å². The number of piperazine rings is 1. The fraction of sp³-hybridized carbons (Fsp3) is 0.208. The molecule has 2 heterocycles. The Morgan fingerprint density at radius 3 is 2.48 bits per heavy atom. The zero-order chi connectivity index (χ0) is 21.8. The molecule has 7 heteroatoms. The summed E-state index contributed by atoms with van der Waals surface area (Å²) in [4.78, 5) is 32.1. The van der Waals surface area contributed by atoms with E-state index in [1.165, 1.54) is 0 Å². The van der Waals surface area contributed by atoms with Crippen molar-refractivity contribution >= 4 is 34.3 Å². The average molecular weight is 415 g/mol. The molecule has 31 heavy (non-hydrogen) atoms. The molecule has 3 N–H and O–H groups in total. The number of aromatic nitrogens is 1. The van der Waals surface area contributed by atoms with Gasteiger partial charge >= 0.3 is 0 Å². The van der Waals surface area contributed by atoms with E-state index in [-0.39, 0.29) is 11.5 Å². The van der Waals surface area contributed by atoms with Gasteiger partial charge in [-0.1, -0.05) is 18.2 Å². The fourth-order valence-corrected chi connectivity index (χ4v) is 3.62. The first-order valence-electron chi connectivity index (χ1n) is 10.2. The molecule has 1 aromatic heterocycles. The lowest BCUT2D eigenvalue weighted by molar-refractivity contribution is 0.0664. The quantitative estimate of drug-likeness (QED) is 0.559. The molecule has 0 bridgehead atoms. The van der Waals surface area contributed by atoms with Crippen molar-refractivity contribution in [3.05, 3.63) is 82.3 Å². The third kappa shape index (κ3) is 4.57. The topological polar surface area (TPSA) is 92.3 Å². The van der Waals surface area contributed by atoms with E-state index in [0.29, 0.717) is 16.7 Å². The number of hydrogen-bond donors (Lipinski definition) is 3. The highest BCUT2D eigenvalue weighted by molar-refractivity contribution is 6.09. The van der Waals surface area contributed by atoms with E-state index < -0.39 is 0 Å². The van der Waals surface area contributed by atoms with Crippen molar-refractivity contribution in [2.75, 3.05) is 38.5 Å². The Balaban J connectivity index is 1.50. The number of pyridine rings is 1. The Morgan fingerprint density at radius 1 is 1.06 bits per heavy atom. The first-order valence-corrected chi connectivity index (χ1v) is 10.2. The molecule has 0 spiro atoms. The van der Waals surface area contributed by atoms with Gasteiger partial charge in [-0.25, -0.2) is 0 Å². The first kappa shape index (κ1) is 20.6. The van der Waals surface area contributed by atoms with Gasteiger partial charge in [-0.3, -0.25) is 9.59 Å². The van der Waals surface area contributed by atoms with Crippen molar-refractivity contribution in [3.8, 4) is 0 Å². The van der Waals surface area contributed by atoms with Crippen LogP contribution in [-0.2, 0) is 0 Å². The average Bonchev–Trinajstić information content (AvgIpc) is 2.80. The molecule has 0 saturated carbocycles. The molecule has 1 saturated heterocycles. The number of allylic oxidation sites excluding steroid dienone is 1. The van der Waals surface area contributed by atoms with Gasteiger partial charge in [0.1, 0.15) is 0 Å². The SMILES string of the molecule is CN1CCN(C(=O)c2ccc(N/C=C(\C=N)c3cc4ccccc4[nH]c3=O)cc2)CC1. The van der Waals surface area contributed by atoms with E-state index in [1.54, 1.807) is 24.4 Å². The molecule has 1 fully saturated rings. The van der Waals surface area contributed by atoms with Gasteiger partial charge in [0.2, 0.25) is 0 Å². The standard InChI is InChI=1S/C24H25N5O2/c1-28-10-12-29(13-11-28)24(31)17-6-8-20(9-7-17)26-16-19(15-25)21-14-18-4-2-3-5-22(18)27-23(21)30/h2-9,14-16,25-26H,10-13H2,1H3,(H,27,30)/b19-16+,25-15?. The van der Waals surface area contributed by atoms with Crippen LogP contribution in [0.1, 0.15) is 15.9 Å². The van der Waals surface area contributed by atoms with Gasteiger partial charge in [0, 0.05) is 60.9 Å². The molecule has 4 rings (SSSR count). The third-order valence-electron chi connectivity index (χ3n) is 5.54. The first-order chi connectivity index (χ1) is 15.0. The van der Waals surface area contributed by atoms with E-state index in [1.807, 2.05) is 41.3 Å². The van der Waals surface area contributed by atoms with Crippen molar-refractivity contribution in [2.24, 2.45) is 0 Å². The highest BCUT2D eigenvalue weighted by Crippen LogP contribution is 2.17. The lowest BCUT2D eigenvalue weighted by atomic mass is 10.1. The summed E-state index contributed by atoms with van der Waals surface area (Å²) in [6, 6.07) is 16.6. The summed E-state index contributed by atoms with van der Waals surface area (Å²) in [5.41, 5.74) is 2.81. The maximum atomic E-state index is 12.7. The molecule has 158 valence electrons. The van der Waals surface area contributed by atoms with Crippen LogP contribution in [0.15, 0.2) is 65.6 Å². The molecule has 3 aromatic rings. The summed E-state index contributed by atoms with van der Waals surface area (Å²) in [5.74, 6) is 0.0399. The van der Waals surface area contributed by atoms with Crippen molar-refractivity contribution < 1.29 is 4.79 Å². The molecular formula is C24H25N5O2. The minimum absolute atomic E-state index is 0.0399. The number of carbonyl (C=O) groups excluding carboxylic acids is 1. The molecule has 0 aliphatic carbocycles. The van der Waals surface area contributed by atoms with Gasteiger partial charge in [-0.05, 0) is 48.8 Å². The number of benzene rings is 2. The Hall–Kier alpha value is -3.71. The number of nitrogens with zero attached hydrogens (tertiary/aromatic N) is 2. The van der Waals surface area contributed by atoms with Crippen LogP contribution in [0.25, 0.3) is 16.5 Å². The van der Waals surface area contributed by atoms with Gasteiger partial charge < -0.3 is 25.5 Å². The summed E-state index contributed by atoms with van der Waals surface area (Å²) in [6.45, 7) is 3.25. The second kappa shape index (κ2) is 8.97. The van der Waals surface area contributed by atoms with Crippen LogP contribution in [0.2, 0.25) is 0 Å². The highest BCUT2D eigenvalue weighted by Gasteiger charge is 2.20. The minimum Gasteiger partial charge on any atom is -0.361 e. The van der Waals surface area contributed by atoms with Gasteiger partial charge in [0.05, 0.1) is 5.56 Å². The van der Waals surface area contributed by atoms with E-state index >= 15 is 0 Å². The predicted octanol–water partition coefficient (Wildman–Crippen LogP) is 3.02. The Morgan fingerprint density at radius 2 is 1.77 bits per heavy atom. The zero-order valence-electron chi connectivity index (χ0n) is 17.4. The van der Waals surface area contributed by atoms with Gasteiger partial charge in [0.25, 0.3) is 11.5 Å². The van der Waals surface area contributed by atoms with Gasteiger partial charge in [-0.15, -0.1) is 0 Å². The van der Waals surface area contributed by atoms with Crippen molar-refractivity contribution in [1.29, 1.82) is 5.41 Å². The molecule has 0 unspecified atom stereocenters. The number of carbonyl (C=O) groups is 1. The number of H-pyrrole nitrogens is 1. The normalized spacial score (nSPS) is 15.1. The van der Waals surface area contributed by atoms with Crippen LogP contribution >= 0.6 is 0 Å². The Bertz CT molecular complexity index is 1190. The lowest BCUT2D eigenvalue weighted by Crippen LogP contribution is -2.47. The van der Waals surface area contributed by atoms with Gasteiger partial charge in [0.15, 0.2) is 0 Å². The molecular weight excluding hydrogens is 390 g/mol. The van der Waals surface area contributed by atoms with Crippen molar-refractivity contribution in [1.82, 2.24) is 14.8 Å². The summed E-state index contributed by atoms with van der Waals surface area (Å²) >= 11 is 0. The molecule has 0 radical (unpaired) electrons. The number of nitrogens with one attached hydrogen (secondary N) is 3. The highest BCUT2D eigenvalue weighted by atomic mass is 16.2. The Labute approximate surface area is 180 Å². The van der Waals surface area contributed by atoms with Crippen molar-refractivity contribution in [2.45, 2.75) is 0 Å². The van der Waals surface area contributed by atoms with Gasteiger partial charge in [-0.2, -0.15) is 0 Å². The minimum atomic E-state index is -0.247. The molecule has 2 aromatic carbocycles. The van der Waals surface area contributed by atoms with E-state index in [2.05, 4.69) is 22.2 Å². The zero-order valence-corrected chi connectivity index (χ0v) is 17.4. The largest absolute Gasteiger partial charge is 0.361 e. The number of para-hydroxylation sites is 1. The number of fused-ring (bicyclic) bond motifs is 1. The Kier molecular flexibility index (Phi) is 5.95. The summed E-state index contributed by atoms with van der Waals surface area (Å²) in [5, 5.41) is 11.8. The number of hydrogen-bond acceptors (Lipinski definition) is 5. The monoisotopic (exact) mass is 415 g/mol. The van der Waals surface area contributed by atoms with Crippen LogP contribution in [0.4, 0.5) is 5.69 Å². The summed E-state index contributed by atoms with van der Waals surface area (Å²) in [6.07, 6.45) is 2.78. The molecule has 1 amide bonds. The number of rotatable bonds is 5. The second-order valence-corrected chi connectivity index (χ2v) is 7.66. The lowest BCUT2D eigenvalue weighted by Gasteiger charge is -2.32. The van der Waals surface area contributed by atoms with Crippen LogP contribution in [-0.4, -0.2) is 60.1 Å². The van der Waals surface area contributed by atoms with E-state index in [4.69, 9.17) is 5.41 Å². The van der Waals surface area contributed by atoms with Crippen LogP contribution in [0.3, 0.4) is 0 Å². The number of aromatic amines is 1. The number of likely N-dealkylation sites (N-methyl/N-ethyl adjacent to an activating group) is 1. The van der Waals surface area contributed by atoms with Crippen LogP contribution in [0, 0.1) is 5.41 Å². The number of amides is 1. The number of anilines is 1. The van der Waals surface area contributed by atoms with E-state index in [0.717, 1.165) is 49.0 Å².